The summed E-state index contributed by atoms with van der Waals surface area (Å²) in [7, 11) is 0. The lowest BCUT2D eigenvalue weighted by molar-refractivity contribution is 1.26. The molecule has 0 aliphatic carbocycles. The summed E-state index contributed by atoms with van der Waals surface area (Å²) in [6.45, 7) is 0. The predicted molar refractivity (Wildman–Crippen MR) is 101 cm³/mol. The van der Waals surface area contributed by atoms with Crippen molar-refractivity contribution in [3.05, 3.63) is 47.5 Å². The number of alkyl halides is 6. The molecule has 2 aromatic carbocycles. The van der Waals surface area contributed by atoms with E-state index in [4.69, 9.17) is 0 Å². The van der Waals surface area contributed by atoms with E-state index in [1.807, 2.05) is 12.1 Å². The Hall–Kier alpha value is 1.58. The molecule has 0 radical (unpaired) electrons. The van der Waals surface area contributed by atoms with E-state index in [2.05, 4.69) is 120 Å². The highest BCUT2D eigenvalue weighted by molar-refractivity contribution is 9.39. The van der Waals surface area contributed by atoms with E-state index in [-0.39, 0.29) is 0 Å². The van der Waals surface area contributed by atoms with Gasteiger partial charge in [0.05, 0.1) is 0 Å². The second-order valence-electron chi connectivity index (χ2n) is 3.70. The topological polar surface area (TPSA) is 0 Å². The maximum atomic E-state index is 3.62. The van der Waals surface area contributed by atoms with Gasteiger partial charge in [0.1, 0.15) is 0 Å². The first kappa shape index (κ1) is 16.0. The van der Waals surface area contributed by atoms with Crippen LogP contribution in [0.15, 0.2) is 36.4 Å². The third kappa shape index (κ3) is 3.42. The first-order chi connectivity index (χ1) is 8.21. The molecule has 0 amide bonds. The zero-order chi connectivity index (χ0) is 13.6. The van der Waals surface area contributed by atoms with Crippen molar-refractivity contribution in [2.75, 3.05) is 0 Å². The molecule has 2 rings (SSSR count). The molecule has 0 saturated heterocycles. The minimum absolute atomic E-state index is 0.465. The fourth-order valence-electron chi connectivity index (χ4n) is 1.81. The number of benzene rings is 2. The standard InChI is InChI=1S/C12H6Br6/c13-11(14,15)9-6-5-7-3-1-2-4-8(7)10(9)12(16,17)18/h1-6H. The van der Waals surface area contributed by atoms with Crippen LogP contribution < -0.4 is 0 Å². The van der Waals surface area contributed by atoms with Crippen molar-refractivity contribution in [2.45, 2.75) is 4.29 Å². The molecule has 0 nitrogen and oxygen atoms in total. The molecule has 0 heterocycles. The number of halogens is 6. The minimum atomic E-state index is -0.482. The van der Waals surface area contributed by atoms with E-state index in [0.717, 1.165) is 11.1 Å². The number of rotatable bonds is 0. The maximum Gasteiger partial charge on any atom is 0.160 e. The molecule has 2 aromatic rings. The summed E-state index contributed by atoms with van der Waals surface area (Å²) < 4.78 is -0.948. The van der Waals surface area contributed by atoms with Crippen LogP contribution in [0.25, 0.3) is 10.8 Å². The Bertz CT molecular complexity index is 579. The molecule has 0 bridgehead atoms. The first-order valence-electron chi connectivity index (χ1n) is 4.87. The summed E-state index contributed by atoms with van der Waals surface area (Å²) in [5.41, 5.74) is 2.18. The molecular formula is C12H6Br6. The van der Waals surface area contributed by atoms with Crippen LogP contribution in [0.3, 0.4) is 0 Å². The fourth-order valence-corrected chi connectivity index (χ4v) is 4.09. The Balaban J connectivity index is 2.89. The van der Waals surface area contributed by atoms with Crippen LogP contribution in [-0.4, -0.2) is 0 Å². The van der Waals surface area contributed by atoms with E-state index in [1.54, 1.807) is 0 Å². The van der Waals surface area contributed by atoms with Gasteiger partial charge in [0.15, 0.2) is 4.29 Å². The average Bonchev–Trinajstić information content (AvgIpc) is 2.24. The summed E-state index contributed by atoms with van der Waals surface area (Å²) in [6, 6.07) is 12.4. The van der Waals surface area contributed by atoms with Crippen molar-refractivity contribution >= 4 is 106 Å². The second kappa shape index (κ2) is 5.76. The molecular weight excluding hydrogens is 624 g/mol. The van der Waals surface area contributed by atoms with Crippen LogP contribution in [0.1, 0.15) is 11.1 Å². The summed E-state index contributed by atoms with van der Waals surface area (Å²) >= 11 is 21.6. The number of hydrogen-bond acceptors (Lipinski definition) is 0. The summed E-state index contributed by atoms with van der Waals surface area (Å²) in [5, 5.41) is 2.36. The Morgan fingerprint density at radius 2 is 1.28 bits per heavy atom. The molecule has 18 heavy (non-hydrogen) atoms. The monoisotopic (exact) mass is 624 g/mol. The summed E-state index contributed by atoms with van der Waals surface area (Å²) in [5.74, 6) is 0. The highest BCUT2D eigenvalue weighted by atomic mass is 80.0. The Morgan fingerprint density at radius 1 is 0.667 bits per heavy atom. The van der Waals surface area contributed by atoms with Gasteiger partial charge in [-0.3, -0.25) is 0 Å². The van der Waals surface area contributed by atoms with Crippen LogP contribution in [0, 0.1) is 0 Å². The molecule has 0 spiro atoms. The quantitative estimate of drug-likeness (QED) is 0.266. The maximum absolute atomic E-state index is 3.62. The molecule has 0 aliphatic heterocycles. The third-order valence-electron chi connectivity index (χ3n) is 2.52. The second-order valence-corrected chi connectivity index (χ2v) is 17.2. The van der Waals surface area contributed by atoms with Gasteiger partial charge in [0.25, 0.3) is 0 Å². The molecule has 96 valence electrons. The number of hydrogen-bond donors (Lipinski definition) is 0. The Morgan fingerprint density at radius 3 is 1.83 bits per heavy atom. The van der Waals surface area contributed by atoms with Crippen molar-refractivity contribution in [1.29, 1.82) is 0 Å². The molecule has 0 aliphatic rings. The van der Waals surface area contributed by atoms with Crippen molar-refractivity contribution in [3.8, 4) is 0 Å². The minimum Gasteiger partial charge on any atom is -0.0616 e. The van der Waals surface area contributed by atoms with Gasteiger partial charge in [-0.15, -0.1) is 0 Å². The molecule has 0 unspecified atom stereocenters. The van der Waals surface area contributed by atoms with Gasteiger partial charge >= 0.3 is 0 Å². The molecule has 6 heteroatoms. The van der Waals surface area contributed by atoms with Gasteiger partial charge in [-0.05, 0) is 16.3 Å². The van der Waals surface area contributed by atoms with Crippen LogP contribution in [-0.2, 0) is 4.29 Å². The molecule has 0 aromatic heterocycles. The van der Waals surface area contributed by atoms with Gasteiger partial charge in [-0.2, -0.15) is 0 Å². The Labute approximate surface area is 156 Å². The summed E-state index contributed by atoms with van der Waals surface area (Å²) in [6.07, 6.45) is 0. The van der Waals surface area contributed by atoms with Crippen molar-refractivity contribution in [3.63, 3.8) is 0 Å². The van der Waals surface area contributed by atoms with Gasteiger partial charge in [-0.25, -0.2) is 0 Å². The molecule has 0 fully saturated rings. The lowest BCUT2D eigenvalue weighted by Crippen LogP contribution is -2.10. The van der Waals surface area contributed by atoms with Gasteiger partial charge < -0.3 is 0 Å². The highest BCUT2D eigenvalue weighted by Gasteiger charge is 2.33. The molecule has 0 saturated carbocycles. The third-order valence-corrected chi connectivity index (χ3v) is 4.99. The van der Waals surface area contributed by atoms with Gasteiger partial charge in [-0.1, -0.05) is 132 Å². The zero-order valence-electron chi connectivity index (χ0n) is 8.73. The van der Waals surface area contributed by atoms with Crippen molar-refractivity contribution in [1.82, 2.24) is 0 Å². The van der Waals surface area contributed by atoms with E-state index in [1.165, 1.54) is 10.8 Å². The largest absolute Gasteiger partial charge is 0.160 e. The van der Waals surface area contributed by atoms with Gasteiger partial charge in [0.2, 0.25) is 0 Å². The number of fused-ring (bicyclic) bond motifs is 1. The lowest BCUT2D eigenvalue weighted by atomic mass is 10.0. The van der Waals surface area contributed by atoms with Crippen molar-refractivity contribution < 1.29 is 0 Å². The average molecular weight is 630 g/mol. The lowest BCUT2D eigenvalue weighted by Gasteiger charge is -2.24. The van der Waals surface area contributed by atoms with E-state index in [0.29, 0.717) is 0 Å². The first-order valence-corrected chi connectivity index (χ1v) is 9.63. The molecule has 0 N–H and O–H groups in total. The van der Waals surface area contributed by atoms with E-state index < -0.39 is 4.29 Å². The zero-order valence-corrected chi connectivity index (χ0v) is 18.2. The summed E-state index contributed by atoms with van der Waals surface area (Å²) in [4.78, 5) is 0. The smallest absolute Gasteiger partial charge is 0.0616 e. The van der Waals surface area contributed by atoms with Crippen LogP contribution in [0.2, 0.25) is 0 Å². The van der Waals surface area contributed by atoms with Crippen LogP contribution in [0.5, 0.6) is 0 Å². The Kier molecular flexibility index (Phi) is 5.11. The van der Waals surface area contributed by atoms with Crippen molar-refractivity contribution in [2.24, 2.45) is 0 Å². The van der Waals surface area contributed by atoms with Gasteiger partial charge in [0, 0.05) is 5.56 Å². The van der Waals surface area contributed by atoms with E-state index in [9.17, 15) is 0 Å². The normalized spacial score (nSPS) is 13.0. The molecule has 0 atom stereocenters. The van der Waals surface area contributed by atoms with Crippen LogP contribution >= 0.6 is 95.6 Å². The SMILES string of the molecule is BrC(Br)(Br)c1ccc2ccccc2c1C(Br)(Br)Br. The van der Waals surface area contributed by atoms with Crippen LogP contribution in [0.4, 0.5) is 0 Å². The fraction of sp³-hybridized carbons (Fsp3) is 0.167. The highest BCUT2D eigenvalue weighted by Crippen LogP contribution is 2.55. The predicted octanol–water partition coefficient (Wildman–Crippen LogP) is 7.43. The van der Waals surface area contributed by atoms with E-state index >= 15 is 0 Å².